The molecule has 0 aliphatic rings. The number of hydrogen-bond acceptors (Lipinski definition) is 6. The van der Waals surface area contributed by atoms with Crippen molar-refractivity contribution in [3.05, 3.63) is 82.0 Å². The molecule has 2 N–H and O–H groups in total. The van der Waals surface area contributed by atoms with Crippen LogP contribution in [0.5, 0.6) is 0 Å². The largest absolute Gasteiger partial charge is 0.411 e. The molecule has 0 fully saturated rings. The second-order valence-corrected chi connectivity index (χ2v) is 10.7. The van der Waals surface area contributed by atoms with Crippen LogP contribution in [0, 0.1) is 5.82 Å². The maximum atomic E-state index is 13.5. The molecule has 10 heteroatoms. The molecule has 0 amide bonds. The maximum absolute atomic E-state index is 13.5. The average Bonchev–Trinajstić information content (AvgIpc) is 2.73. The molecule has 1 aromatic carbocycles. The highest BCUT2D eigenvalue weighted by atomic mass is 79.9. The molecule has 0 saturated heterocycles. The molecule has 0 saturated carbocycles. The maximum Gasteiger partial charge on any atom is 0.263 e. The third kappa shape index (κ3) is 5.68. The molecule has 32 heavy (non-hydrogen) atoms. The van der Waals surface area contributed by atoms with E-state index >= 15 is 0 Å². The van der Waals surface area contributed by atoms with E-state index in [0.29, 0.717) is 10.2 Å². The Morgan fingerprint density at radius 2 is 1.84 bits per heavy atom. The van der Waals surface area contributed by atoms with Gasteiger partial charge in [0, 0.05) is 22.7 Å². The smallest absolute Gasteiger partial charge is 0.263 e. The van der Waals surface area contributed by atoms with Crippen molar-refractivity contribution < 1.29 is 18.0 Å². The Kier molecular flexibility index (Phi) is 6.94. The second kappa shape index (κ2) is 9.33. The van der Waals surface area contributed by atoms with Gasteiger partial charge < -0.3 is 5.21 Å². The van der Waals surface area contributed by atoms with Crippen LogP contribution < -0.4 is 4.72 Å². The van der Waals surface area contributed by atoms with E-state index in [9.17, 15) is 18.0 Å². The van der Waals surface area contributed by atoms with Crippen LogP contribution in [0.1, 0.15) is 37.6 Å². The van der Waals surface area contributed by atoms with Gasteiger partial charge in [-0.25, -0.2) is 17.8 Å². The van der Waals surface area contributed by atoms with Crippen molar-refractivity contribution in [2.75, 3.05) is 4.72 Å². The number of rotatable bonds is 6. The summed E-state index contributed by atoms with van der Waals surface area (Å²) >= 11 is 3.36. The number of aromatic nitrogens is 2. The van der Waals surface area contributed by atoms with Gasteiger partial charge in [0.25, 0.3) is 10.0 Å². The summed E-state index contributed by atoms with van der Waals surface area (Å²) in [6.07, 6.45) is 2.41. The van der Waals surface area contributed by atoms with Crippen LogP contribution in [0.3, 0.4) is 0 Å². The molecule has 3 aromatic rings. The molecule has 0 unspecified atom stereocenters. The minimum Gasteiger partial charge on any atom is -0.411 e. The van der Waals surface area contributed by atoms with E-state index in [4.69, 9.17) is 0 Å². The molecule has 0 radical (unpaired) electrons. The van der Waals surface area contributed by atoms with E-state index in [1.165, 1.54) is 18.3 Å². The first-order valence-electron chi connectivity index (χ1n) is 9.60. The van der Waals surface area contributed by atoms with Crippen LogP contribution in [0.25, 0.3) is 0 Å². The van der Waals surface area contributed by atoms with E-state index in [2.05, 4.69) is 35.8 Å². The molecule has 0 bridgehead atoms. The van der Waals surface area contributed by atoms with Crippen LogP contribution in [-0.4, -0.2) is 29.3 Å². The number of anilines is 1. The quantitative estimate of drug-likeness (QED) is 0.273. The van der Waals surface area contributed by atoms with Crippen LogP contribution in [0.4, 0.5) is 10.2 Å². The van der Waals surface area contributed by atoms with Crippen LogP contribution in [0.2, 0.25) is 0 Å². The Morgan fingerprint density at radius 1 is 1.16 bits per heavy atom. The minimum absolute atomic E-state index is 0.0120. The van der Waals surface area contributed by atoms with Crippen molar-refractivity contribution >= 4 is 37.5 Å². The Balaban J connectivity index is 1.85. The Hall–Kier alpha value is -2.85. The van der Waals surface area contributed by atoms with Gasteiger partial charge in [-0.1, -0.05) is 38.1 Å². The summed E-state index contributed by atoms with van der Waals surface area (Å²) < 4.78 is 42.2. The Morgan fingerprint density at radius 3 is 2.44 bits per heavy atom. The molecular weight excluding hydrogens is 499 g/mol. The van der Waals surface area contributed by atoms with Gasteiger partial charge in [-0.3, -0.25) is 9.71 Å². The molecule has 168 valence electrons. The minimum atomic E-state index is -3.86. The first kappa shape index (κ1) is 23.8. The van der Waals surface area contributed by atoms with Gasteiger partial charge >= 0.3 is 0 Å². The number of nitrogens with zero attached hydrogens (tertiary/aromatic N) is 3. The molecule has 2 heterocycles. The monoisotopic (exact) mass is 520 g/mol. The first-order chi connectivity index (χ1) is 15.0. The summed E-state index contributed by atoms with van der Waals surface area (Å²) in [5.41, 5.74) is 1.73. The van der Waals surface area contributed by atoms with Gasteiger partial charge in [-0.05, 0) is 57.2 Å². The third-order valence-corrected chi connectivity index (χ3v) is 6.77. The van der Waals surface area contributed by atoms with Crippen LogP contribution in [-0.2, 0) is 21.9 Å². The number of pyridine rings is 2. The van der Waals surface area contributed by atoms with E-state index < -0.39 is 15.8 Å². The van der Waals surface area contributed by atoms with Gasteiger partial charge in [0.2, 0.25) is 0 Å². The zero-order valence-corrected chi connectivity index (χ0v) is 20.1. The van der Waals surface area contributed by atoms with E-state index in [-0.39, 0.29) is 33.8 Å². The number of benzene rings is 1. The van der Waals surface area contributed by atoms with Crippen LogP contribution in [0.15, 0.2) is 69.4 Å². The zero-order chi connectivity index (χ0) is 23.5. The molecule has 7 nitrogen and oxygen atoms in total. The highest BCUT2D eigenvalue weighted by molar-refractivity contribution is 9.10. The molecule has 0 spiro atoms. The van der Waals surface area contributed by atoms with E-state index in [0.717, 1.165) is 11.8 Å². The van der Waals surface area contributed by atoms with E-state index in [1.54, 1.807) is 30.3 Å². The van der Waals surface area contributed by atoms with Crippen molar-refractivity contribution in [3.8, 4) is 0 Å². The fourth-order valence-electron chi connectivity index (χ4n) is 2.92. The van der Waals surface area contributed by atoms with Crippen molar-refractivity contribution in [2.45, 2.75) is 37.5 Å². The van der Waals surface area contributed by atoms with Crippen LogP contribution >= 0.6 is 15.9 Å². The zero-order valence-electron chi connectivity index (χ0n) is 17.7. The topological polar surface area (TPSA) is 105 Å². The fraction of sp³-hybridized carbons (Fsp3) is 0.227. The summed E-state index contributed by atoms with van der Waals surface area (Å²) in [6.45, 7) is 6.14. The molecule has 0 aliphatic heterocycles. The van der Waals surface area contributed by atoms with Crippen molar-refractivity contribution in [1.29, 1.82) is 0 Å². The number of hydrogen-bond donors (Lipinski definition) is 2. The van der Waals surface area contributed by atoms with Crippen molar-refractivity contribution in [3.63, 3.8) is 0 Å². The van der Waals surface area contributed by atoms with E-state index in [1.807, 2.05) is 20.8 Å². The number of halogens is 2. The second-order valence-electron chi connectivity index (χ2n) is 8.12. The normalized spacial score (nSPS) is 12.6. The fourth-order valence-corrected chi connectivity index (χ4v) is 4.28. The SMILES string of the molecule is CC(C)(C)c1ccc(S(=O)(=O)Nc2ccc(Br)c(CC(=NO)c3cncc(F)c3)n2)cc1. The predicted molar refractivity (Wildman–Crippen MR) is 124 cm³/mol. The van der Waals surface area contributed by atoms with Gasteiger partial charge in [-0.2, -0.15) is 0 Å². The predicted octanol–water partition coefficient (Wildman–Crippen LogP) is 4.90. The number of sulfonamides is 1. The standard InChI is InChI=1S/C22H22BrFN4O3S/c1-22(2,3)15-4-6-17(7-5-15)32(30,31)28-21-9-8-18(23)20(26-21)11-19(27-29)14-10-16(24)13-25-12-14/h4-10,12-13,29H,11H2,1-3H3,(H,26,28). The molecule has 3 rings (SSSR count). The number of nitrogens with one attached hydrogen (secondary N) is 1. The van der Waals surface area contributed by atoms with Gasteiger partial charge in [-0.15, -0.1) is 0 Å². The number of oxime groups is 1. The summed E-state index contributed by atoms with van der Waals surface area (Å²) in [5, 5.41) is 12.6. The highest BCUT2D eigenvalue weighted by Crippen LogP contribution is 2.25. The third-order valence-electron chi connectivity index (χ3n) is 4.68. The Labute approximate surface area is 194 Å². The lowest BCUT2D eigenvalue weighted by Crippen LogP contribution is -2.16. The summed E-state index contributed by atoms with van der Waals surface area (Å²) in [4.78, 5) is 8.19. The van der Waals surface area contributed by atoms with Gasteiger partial charge in [0.05, 0.1) is 22.5 Å². The first-order valence-corrected chi connectivity index (χ1v) is 11.9. The molecule has 0 aliphatic carbocycles. The molecular formula is C22H22BrFN4O3S. The lowest BCUT2D eigenvalue weighted by molar-refractivity contribution is 0.318. The summed E-state index contributed by atoms with van der Waals surface area (Å²) in [7, 11) is -3.86. The average molecular weight is 521 g/mol. The highest BCUT2D eigenvalue weighted by Gasteiger charge is 2.19. The van der Waals surface area contributed by atoms with Crippen molar-refractivity contribution in [2.24, 2.45) is 5.16 Å². The lowest BCUT2D eigenvalue weighted by Gasteiger charge is -2.19. The Bertz CT molecular complexity index is 1260. The summed E-state index contributed by atoms with van der Waals surface area (Å²) in [5.74, 6) is -0.479. The summed E-state index contributed by atoms with van der Waals surface area (Å²) in [6, 6.07) is 11.0. The van der Waals surface area contributed by atoms with Crippen molar-refractivity contribution in [1.82, 2.24) is 9.97 Å². The van der Waals surface area contributed by atoms with Gasteiger partial charge in [0.15, 0.2) is 0 Å². The van der Waals surface area contributed by atoms with Gasteiger partial charge in [0.1, 0.15) is 11.6 Å². The molecule has 0 atom stereocenters. The molecule has 2 aromatic heterocycles. The lowest BCUT2D eigenvalue weighted by atomic mass is 9.87.